The molecule has 0 radical (unpaired) electrons. The summed E-state index contributed by atoms with van der Waals surface area (Å²) in [6.45, 7) is -0.383. The number of ether oxygens (including phenoxy) is 1. The van der Waals surface area contributed by atoms with Crippen molar-refractivity contribution in [1.29, 1.82) is 0 Å². The van der Waals surface area contributed by atoms with Crippen LogP contribution < -0.4 is 10.1 Å². The van der Waals surface area contributed by atoms with Gasteiger partial charge in [-0.15, -0.1) is 0 Å². The molecule has 0 saturated heterocycles. The molecule has 0 aliphatic heterocycles. The molecule has 0 aromatic heterocycles. The third-order valence-corrected chi connectivity index (χ3v) is 1.96. The van der Waals surface area contributed by atoms with Gasteiger partial charge in [-0.3, -0.25) is 9.59 Å². The van der Waals surface area contributed by atoms with Gasteiger partial charge in [0.05, 0.1) is 7.11 Å². The minimum Gasteiger partial charge on any atom is -0.497 e. The van der Waals surface area contributed by atoms with Crippen LogP contribution in [0.25, 0.3) is 6.08 Å². The number of carboxylic acids is 1. The fraction of sp³-hybridized carbons (Fsp3) is 0.167. The lowest BCUT2D eigenvalue weighted by Gasteiger charge is -1.99. The average molecular weight is 235 g/mol. The lowest BCUT2D eigenvalue weighted by molar-refractivity contribution is -0.137. The number of methoxy groups -OCH3 is 1. The number of carbonyl (C=O) groups excluding carboxylic acids is 1. The molecule has 0 heterocycles. The molecule has 0 fully saturated rings. The van der Waals surface area contributed by atoms with Crippen molar-refractivity contribution in [2.45, 2.75) is 0 Å². The van der Waals surface area contributed by atoms with Crippen molar-refractivity contribution < 1.29 is 19.4 Å². The maximum atomic E-state index is 11.2. The smallest absolute Gasteiger partial charge is 0.322 e. The van der Waals surface area contributed by atoms with Gasteiger partial charge in [0.1, 0.15) is 12.3 Å². The Balaban J connectivity index is 2.51. The van der Waals surface area contributed by atoms with E-state index in [1.165, 1.54) is 6.08 Å². The highest BCUT2D eigenvalue weighted by Gasteiger charge is 1.99. The second kappa shape index (κ2) is 6.32. The van der Waals surface area contributed by atoms with Crippen molar-refractivity contribution in [2.75, 3.05) is 13.7 Å². The Kier molecular flexibility index (Phi) is 4.75. The van der Waals surface area contributed by atoms with Crippen LogP contribution in [0.3, 0.4) is 0 Å². The molecule has 5 nitrogen and oxygen atoms in total. The minimum absolute atomic E-state index is 0.383. The van der Waals surface area contributed by atoms with Gasteiger partial charge in [0, 0.05) is 6.08 Å². The first-order valence-corrected chi connectivity index (χ1v) is 4.93. The van der Waals surface area contributed by atoms with E-state index in [4.69, 9.17) is 9.84 Å². The van der Waals surface area contributed by atoms with Crippen molar-refractivity contribution >= 4 is 18.0 Å². The van der Waals surface area contributed by atoms with Crippen LogP contribution in [0.5, 0.6) is 5.75 Å². The number of aliphatic carboxylic acids is 1. The summed E-state index contributed by atoms with van der Waals surface area (Å²) in [7, 11) is 1.57. The predicted octanol–water partition coefficient (Wildman–Crippen LogP) is 0.909. The fourth-order valence-electron chi connectivity index (χ4n) is 1.11. The molecule has 0 atom stereocenters. The van der Waals surface area contributed by atoms with Gasteiger partial charge in [0.2, 0.25) is 5.91 Å². The largest absolute Gasteiger partial charge is 0.497 e. The van der Waals surface area contributed by atoms with Gasteiger partial charge in [0.25, 0.3) is 0 Å². The van der Waals surface area contributed by atoms with E-state index >= 15 is 0 Å². The van der Waals surface area contributed by atoms with E-state index in [-0.39, 0.29) is 6.54 Å². The quantitative estimate of drug-likeness (QED) is 0.744. The molecule has 1 rings (SSSR count). The molecule has 0 spiro atoms. The molecule has 0 saturated carbocycles. The summed E-state index contributed by atoms with van der Waals surface area (Å²) in [6.07, 6.45) is 2.88. The summed E-state index contributed by atoms with van der Waals surface area (Å²) in [5.74, 6) is -0.781. The summed E-state index contributed by atoms with van der Waals surface area (Å²) < 4.78 is 4.99. The first-order chi connectivity index (χ1) is 8.11. The molecule has 0 aliphatic rings. The van der Waals surface area contributed by atoms with Gasteiger partial charge in [-0.25, -0.2) is 0 Å². The second-order valence-electron chi connectivity index (χ2n) is 3.22. The summed E-state index contributed by atoms with van der Waals surface area (Å²) >= 11 is 0. The average Bonchev–Trinajstić information content (AvgIpc) is 2.34. The van der Waals surface area contributed by atoms with Crippen LogP contribution in [0.15, 0.2) is 30.3 Å². The van der Waals surface area contributed by atoms with Gasteiger partial charge < -0.3 is 15.2 Å². The van der Waals surface area contributed by atoms with Crippen molar-refractivity contribution in [2.24, 2.45) is 0 Å². The molecule has 0 aliphatic carbocycles. The molecule has 2 N–H and O–H groups in total. The standard InChI is InChI=1S/C12H13NO4/c1-17-10-5-2-9(3-6-10)4-7-11(14)13-8-12(15)16/h2-7H,8H2,1H3,(H,13,14)(H,15,16)/b7-4-. The number of benzene rings is 1. The number of hydrogen-bond donors (Lipinski definition) is 2. The highest BCUT2D eigenvalue weighted by atomic mass is 16.5. The maximum absolute atomic E-state index is 11.2. The Bertz CT molecular complexity index is 423. The number of hydrogen-bond acceptors (Lipinski definition) is 3. The topological polar surface area (TPSA) is 75.6 Å². The summed E-state index contributed by atoms with van der Waals surface area (Å²) in [5, 5.41) is 10.6. The van der Waals surface area contributed by atoms with Crippen LogP contribution in [-0.4, -0.2) is 30.6 Å². The van der Waals surface area contributed by atoms with Crippen molar-refractivity contribution in [1.82, 2.24) is 5.32 Å². The van der Waals surface area contributed by atoms with Crippen LogP contribution >= 0.6 is 0 Å². The molecular formula is C12H13NO4. The molecule has 17 heavy (non-hydrogen) atoms. The molecule has 0 bridgehead atoms. The molecular weight excluding hydrogens is 222 g/mol. The maximum Gasteiger partial charge on any atom is 0.322 e. The van der Waals surface area contributed by atoms with E-state index in [9.17, 15) is 9.59 Å². The molecule has 1 aromatic rings. The van der Waals surface area contributed by atoms with Crippen LogP contribution in [-0.2, 0) is 9.59 Å². The number of rotatable bonds is 5. The van der Waals surface area contributed by atoms with Gasteiger partial charge in [-0.1, -0.05) is 12.1 Å². The van der Waals surface area contributed by atoms with Crippen molar-refractivity contribution in [3.05, 3.63) is 35.9 Å². The molecule has 1 amide bonds. The van der Waals surface area contributed by atoms with E-state index in [1.54, 1.807) is 37.5 Å². The Hall–Kier alpha value is -2.30. The monoisotopic (exact) mass is 235 g/mol. The van der Waals surface area contributed by atoms with Crippen LogP contribution in [0.1, 0.15) is 5.56 Å². The van der Waals surface area contributed by atoms with E-state index in [0.717, 1.165) is 11.3 Å². The second-order valence-corrected chi connectivity index (χ2v) is 3.22. The first kappa shape index (κ1) is 12.8. The van der Waals surface area contributed by atoms with Gasteiger partial charge in [-0.05, 0) is 23.8 Å². The normalized spacial score (nSPS) is 10.2. The Morgan fingerprint density at radius 1 is 1.35 bits per heavy atom. The van der Waals surface area contributed by atoms with E-state index in [2.05, 4.69) is 5.32 Å². The Morgan fingerprint density at radius 2 is 2.00 bits per heavy atom. The van der Waals surface area contributed by atoms with Gasteiger partial charge in [-0.2, -0.15) is 0 Å². The predicted molar refractivity (Wildman–Crippen MR) is 62.7 cm³/mol. The zero-order valence-electron chi connectivity index (χ0n) is 9.34. The van der Waals surface area contributed by atoms with Crippen molar-refractivity contribution in [3.8, 4) is 5.75 Å². The fourth-order valence-corrected chi connectivity index (χ4v) is 1.11. The van der Waals surface area contributed by atoms with Crippen LogP contribution in [0, 0.1) is 0 Å². The Morgan fingerprint density at radius 3 is 2.53 bits per heavy atom. The van der Waals surface area contributed by atoms with Crippen LogP contribution in [0.4, 0.5) is 0 Å². The molecule has 1 aromatic carbocycles. The molecule has 0 unspecified atom stereocenters. The number of nitrogens with one attached hydrogen (secondary N) is 1. The van der Waals surface area contributed by atoms with E-state index in [0.29, 0.717) is 0 Å². The van der Waals surface area contributed by atoms with Crippen molar-refractivity contribution in [3.63, 3.8) is 0 Å². The summed E-state index contributed by atoms with van der Waals surface area (Å²) in [4.78, 5) is 21.4. The zero-order valence-corrected chi connectivity index (χ0v) is 9.34. The number of amides is 1. The SMILES string of the molecule is COc1ccc(/C=C\C(=O)NCC(=O)O)cc1. The third kappa shape index (κ3) is 4.83. The highest BCUT2D eigenvalue weighted by Crippen LogP contribution is 2.11. The lowest BCUT2D eigenvalue weighted by Crippen LogP contribution is -2.27. The molecule has 90 valence electrons. The number of carboxylic acid groups (broad SMARTS) is 1. The highest BCUT2D eigenvalue weighted by molar-refractivity contribution is 5.93. The van der Waals surface area contributed by atoms with Gasteiger partial charge >= 0.3 is 5.97 Å². The van der Waals surface area contributed by atoms with E-state index in [1.807, 2.05) is 0 Å². The third-order valence-electron chi connectivity index (χ3n) is 1.96. The lowest BCUT2D eigenvalue weighted by atomic mass is 10.2. The first-order valence-electron chi connectivity index (χ1n) is 4.93. The zero-order chi connectivity index (χ0) is 12.7. The summed E-state index contributed by atoms with van der Waals surface area (Å²) in [6, 6.07) is 7.13. The van der Waals surface area contributed by atoms with E-state index < -0.39 is 11.9 Å². The van der Waals surface area contributed by atoms with Gasteiger partial charge in [0.15, 0.2) is 0 Å². The minimum atomic E-state index is -1.07. The number of carbonyl (C=O) groups is 2. The van der Waals surface area contributed by atoms with Crippen LogP contribution in [0.2, 0.25) is 0 Å². The Labute approximate surface area is 98.7 Å². The molecule has 5 heteroatoms. The summed E-state index contributed by atoms with van der Waals surface area (Å²) in [5.41, 5.74) is 0.830.